The predicted molar refractivity (Wildman–Crippen MR) is 80.2 cm³/mol. The van der Waals surface area contributed by atoms with Crippen LogP contribution >= 0.6 is 28.1 Å². The maximum atomic E-state index is 12.4. The third-order valence-corrected chi connectivity index (χ3v) is 5.58. The van der Waals surface area contributed by atoms with E-state index in [2.05, 4.69) is 25.6 Å². The van der Waals surface area contributed by atoms with Crippen molar-refractivity contribution in [2.75, 3.05) is 0 Å². The molecule has 0 spiro atoms. The van der Waals surface area contributed by atoms with E-state index >= 15 is 0 Å². The van der Waals surface area contributed by atoms with Crippen molar-refractivity contribution >= 4 is 43.2 Å². The summed E-state index contributed by atoms with van der Waals surface area (Å²) in [5.41, 5.74) is 4.93. The van der Waals surface area contributed by atoms with Crippen LogP contribution in [0.4, 0.5) is 0 Å². The van der Waals surface area contributed by atoms with Gasteiger partial charge in [-0.3, -0.25) is 4.98 Å². The highest BCUT2D eigenvalue weighted by Crippen LogP contribution is 2.31. The van der Waals surface area contributed by atoms with Crippen molar-refractivity contribution in [2.45, 2.75) is 36.1 Å². The number of aromatic nitrogens is 1. The van der Waals surface area contributed by atoms with E-state index in [-0.39, 0.29) is 9.88 Å². The average Bonchev–Trinajstić information content (AvgIpc) is 2.78. The van der Waals surface area contributed by atoms with Gasteiger partial charge >= 0.3 is 0 Å². The number of nitrogens with two attached hydrogens (primary N) is 1. The largest absolute Gasteiger partial charge is 0.392 e. The summed E-state index contributed by atoms with van der Waals surface area (Å²) in [6.45, 7) is 0. The molecule has 0 amide bonds. The quantitative estimate of drug-likeness (QED) is 0.795. The van der Waals surface area contributed by atoms with Gasteiger partial charge in [-0.25, -0.2) is 8.42 Å². The molecule has 3 N–H and O–H groups in total. The Bertz CT molecular complexity index is 598. The molecule has 2 rings (SSSR count). The van der Waals surface area contributed by atoms with Crippen molar-refractivity contribution in [3.05, 3.63) is 22.9 Å². The normalized spacial score (nSPS) is 18.4. The van der Waals surface area contributed by atoms with Gasteiger partial charge < -0.3 is 5.73 Å². The van der Waals surface area contributed by atoms with E-state index in [9.17, 15) is 8.42 Å². The molecule has 1 saturated carbocycles. The molecule has 1 aromatic heterocycles. The fraction of sp³-hybridized carbons (Fsp3) is 0.455. The van der Waals surface area contributed by atoms with E-state index in [1.165, 1.54) is 18.5 Å². The lowest BCUT2D eigenvalue weighted by molar-refractivity contribution is 0.502. The van der Waals surface area contributed by atoms with E-state index in [0.29, 0.717) is 17.3 Å². The minimum Gasteiger partial charge on any atom is -0.392 e. The minimum atomic E-state index is -3.68. The molecule has 1 fully saturated rings. The van der Waals surface area contributed by atoms with E-state index in [4.69, 9.17) is 18.0 Å². The Morgan fingerprint density at radius 2 is 2.05 bits per heavy atom. The first-order valence-electron chi connectivity index (χ1n) is 5.80. The first-order valence-corrected chi connectivity index (χ1v) is 8.49. The Balaban J connectivity index is 2.33. The molecule has 0 unspecified atom stereocenters. The standard InChI is InChI=1S/C11H14BrN3O2S2/c12-8-5-9(7-14-6-8)19(16,17)15-11(10(13)18)3-1-2-4-11/h5-7,15H,1-4H2,(H2,13,18). The van der Waals surface area contributed by atoms with Gasteiger partial charge in [0.1, 0.15) is 4.90 Å². The number of nitrogens with zero attached hydrogens (tertiary/aromatic N) is 1. The molecule has 0 bridgehead atoms. The van der Waals surface area contributed by atoms with Crippen molar-refractivity contribution in [2.24, 2.45) is 5.73 Å². The summed E-state index contributed by atoms with van der Waals surface area (Å²) in [6.07, 6.45) is 5.94. The van der Waals surface area contributed by atoms with Crippen molar-refractivity contribution in [3.8, 4) is 0 Å². The molecule has 1 heterocycles. The average molecular weight is 364 g/mol. The van der Waals surface area contributed by atoms with Crippen LogP contribution in [0.1, 0.15) is 25.7 Å². The molecule has 5 nitrogen and oxygen atoms in total. The van der Waals surface area contributed by atoms with Gasteiger partial charge in [-0.2, -0.15) is 4.72 Å². The Kier molecular flexibility index (Phi) is 4.24. The van der Waals surface area contributed by atoms with Crippen LogP contribution in [0.2, 0.25) is 0 Å². The first kappa shape index (κ1) is 14.8. The SMILES string of the molecule is NC(=S)C1(NS(=O)(=O)c2cncc(Br)c2)CCCC1. The van der Waals surface area contributed by atoms with E-state index in [1.807, 2.05) is 0 Å². The third kappa shape index (κ3) is 3.13. The molecule has 0 atom stereocenters. The fourth-order valence-electron chi connectivity index (χ4n) is 2.23. The highest BCUT2D eigenvalue weighted by Gasteiger charge is 2.40. The molecule has 19 heavy (non-hydrogen) atoms. The fourth-order valence-corrected chi connectivity index (χ4v) is 4.50. The Morgan fingerprint density at radius 3 is 2.58 bits per heavy atom. The van der Waals surface area contributed by atoms with Crippen LogP contribution in [-0.2, 0) is 10.0 Å². The number of hydrogen-bond donors (Lipinski definition) is 2. The minimum absolute atomic E-state index is 0.101. The number of nitrogens with one attached hydrogen (secondary N) is 1. The van der Waals surface area contributed by atoms with Crippen LogP contribution in [0.25, 0.3) is 0 Å². The Labute approximate surface area is 126 Å². The van der Waals surface area contributed by atoms with Gasteiger partial charge in [0.25, 0.3) is 0 Å². The second-order valence-electron chi connectivity index (χ2n) is 4.60. The number of halogens is 1. The Morgan fingerprint density at radius 1 is 1.42 bits per heavy atom. The summed E-state index contributed by atoms with van der Waals surface area (Å²) in [6, 6.07) is 1.50. The van der Waals surface area contributed by atoms with Crippen LogP contribution in [0.15, 0.2) is 27.8 Å². The summed E-state index contributed by atoms with van der Waals surface area (Å²) in [5.74, 6) is 0. The van der Waals surface area contributed by atoms with Gasteiger partial charge in [-0.05, 0) is 34.8 Å². The summed E-state index contributed by atoms with van der Waals surface area (Å²) in [5, 5.41) is 0. The topological polar surface area (TPSA) is 85.1 Å². The summed E-state index contributed by atoms with van der Waals surface area (Å²) in [7, 11) is -3.68. The molecular weight excluding hydrogens is 350 g/mol. The smallest absolute Gasteiger partial charge is 0.243 e. The molecule has 0 saturated heterocycles. The lowest BCUT2D eigenvalue weighted by atomic mass is 10.00. The molecule has 8 heteroatoms. The van der Waals surface area contributed by atoms with Gasteiger partial charge in [0, 0.05) is 16.9 Å². The number of hydrogen-bond acceptors (Lipinski definition) is 4. The lowest BCUT2D eigenvalue weighted by Gasteiger charge is -2.28. The number of rotatable bonds is 4. The Hall–Kier alpha value is -0.570. The highest BCUT2D eigenvalue weighted by molar-refractivity contribution is 9.10. The van der Waals surface area contributed by atoms with Crippen molar-refractivity contribution in [3.63, 3.8) is 0 Å². The highest BCUT2D eigenvalue weighted by atomic mass is 79.9. The third-order valence-electron chi connectivity index (χ3n) is 3.25. The molecule has 0 aliphatic heterocycles. The van der Waals surface area contributed by atoms with E-state index < -0.39 is 15.6 Å². The van der Waals surface area contributed by atoms with E-state index in [0.717, 1.165) is 12.8 Å². The monoisotopic (exact) mass is 363 g/mol. The van der Waals surface area contributed by atoms with Crippen LogP contribution in [0.3, 0.4) is 0 Å². The predicted octanol–water partition coefficient (Wildman–Crippen LogP) is 1.72. The van der Waals surface area contributed by atoms with Gasteiger partial charge in [0.2, 0.25) is 10.0 Å². The molecule has 104 valence electrons. The summed E-state index contributed by atoms with van der Waals surface area (Å²) >= 11 is 8.24. The van der Waals surface area contributed by atoms with Crippen molar-refractivity contribution in [1.29, 1.82) is 0 Å². The number of thiocarbonyl (C=S) groups is 1. The zero-order valence-corrected chi connectivity index (χ0v) is 13.3. The maximum absolute atomic E-state index is 12.4. The molecule has 1 aliphatic rings. The second-order valence-corrected chi connectivity index (χ2v) is 7.64. The van der Waals surface area contributed by atoms with Gasteiger partial charge in [-0.15, -0.1) is 0 Å². The zero-order valence-electron chi connectivity index (χ0n) is 10.1. The molecule has 1 aliphatic carbocycles. The van der Waals surface area contributed by atoms with Gasteiger partial charge in [0.05, 0.1) is 10.5 Å². The van der Waals surface area contributed by atoms with Crippen molar-refractivity contribution in [1.82, 2.24) is 9.71 Å². The maximum Gasteiger partial charge on any atom is 0.243 e. The van der Waals surface area contributed by atoms with E-state index in [1.54, 1.807) is 0 Å². The lowest BCUT2D eigenvalue weighted by Crippen LogP contribution is -2.54. The molecular formula is C11H14BrN3O2S2. The van der Waals surface area contributed by atoms with Crippen LogP contribution in [0, 0.1) is 0 Å². The first-order chi connectivity index (χ1) is 8.86. The summed E-state index contributed by atoms with van der Waals surface area (Å²) < 4.78 is 28.0. The molecule has 1 aromatic rings. The zero-order chi connectivity index (χ0) is 14.1. The number of sulfonamides is 1. The van der Waals surface area contributed by atoms with Gasteiger partial charge in [0.15, 0.2) is 0 Å². The molecule has 0 radical (unpaired) electrons. The van der Waals surface area contributed by atoms with Gasteiger partial charge in [-0.1, -0.05) is 25.1 Å². The van der Waals surface area contributed by atoms with Crippen LogP contribution in [-0.4, -0.2) is 23.9 Å². The summed E-state index contributed by atoms with van der Waals surface area (Å²) in [4.78, 5) is 4.17. The van der Waals surface area contributed by atoms with Crippen LogP contribution in [0.5, 0.6) is 0 Å². The molecule has 0 aromatic carbocycles. The second kappa shape index (κ2) is 5.43. The van der Waals surface area contributed by atoms with Crippen molar-refractivity contribution < 1.29 is 8.42 Å². The van der Waals surface area contributed by atoms with Crippen LogP contribution < -0.4 is 10.5 Å². The number of pyridine rings is 1.